The zero-order chi connectivity index (χ0) is 20.0. The standard InChI is InChI=1S/C24H19NO4/c26-23(16-10-12-19(13-11-16)25(27)28)29-24(18-6-2-1-3-7-18)15-17-14-22(24)21-9-5-4-8-20(17)21/h1-13,17,22H,14-15H2/t17-,22-,24+/m1/s1. The molecule has 3 atom stereocenters. The number of fused-ring (bicyclic) bond motifs is 5. The molecular formula is C24H19NO4. The van der Waals surface area contributed by atoms with Crippen LogP contribution in [0.3, 0.4) is 0 Å². The lowest BCUT2D eigenvalue weighted by Gasteiger charge is -2.38. The molecule has 5 rings (SSSR count). The van der Waals surface area contributed by atoms with Crippen LogP contribution in [0, 0.1) is 10.1 Å². The summed E-state index contributed by atoms with van der Waals surface area (Å²) in [4.78, 5) is 23.5. The lowest BCUT2D eigenvalue weighted by atomic mass is 9.75. The first-order chi connectivity index (χ1) is 14.1. The van der Waals surface area contributed by atoms with E-state index in [1.807, 2.05) is 36.4 Å². The van der Waals surface area contributed by atoms with Crippen molar-refractivity contribution in [2.75, 3.05) is 0 Å². The predicted molar refractivity (Wildman–Crippen MR) is 108 cm³/mol. The van der Waals surface area contributed by atoms with E-state index in [1.54, 1.807) is 0 Å². The molecule has 0 aromatic heterocycles. The molecule has 2 bridgehead atoms. The third-order valence-corrected chi connectivity index (χ3v) is 6.30. The van der Waals surface area contributed by atoms with Gasteiger partial charge in [-0.1, -0.05) is 54.6 Å². The number of ether oxygens (including phenoxy) is 1. The van der Waals surface area contributed by atoms with Crippen LogP contribution in [0.5, 0.6) is 0 Å². The molecule has 5 heteroatoms. The van der Waals surface area contributed by atoms with Crippen molar-refractivity contribution in [3.05, 3.63) is 111 Å². The number of nitro benzene ring substituents is 1. The molecule has 0 heterocycles. The monoisotopic (exact) mass is 385 g/mol. The summed E-state index contributed by atoms with van der Waals surface area (Å²) < 4.78 is 6.25. The van der Waals surface area contributed by atoms with Crippen LogP contribution in [0.4, 0.5) is 5.69 Å². The number of hydrogen-bond donors (Lipinski definition) is 0. The van der Waals surface area contributed by atoms with E-state index in [9.17, 15) is 14.9 Å². The largest absolute Gasteiger partial charge is 0.450 e. The highest BCUT2D eigenvalue weighted by molar-refractivity contribution is 5.90. The second kappa shape index (κ2) is 6.55. The van der Waals surface area contributed by atoms with Gasteiger partial charge in [0.1, 0.15) is 5.60 Å². The van der Waals surface area contributed by atoms with Crippen molar-refractivity contribution >= 4 is 11.7 Å². The van der Waals surface area contributed by atoms with Crippen LogP contribution in [0.2, 0.25) is 0 Å². The SMILES string of the molecule is O=C(O[C@]1(c2ccccc2)C[C@H]2C[C@@H]1c1ccccc12)c1ccc([N+](=O)[O-])cc1. The average molecular weight is 385 g/mol. The first-order valence-electron chi connectivity index (χ1n) is 9.70. The number of carbonyl (C=O) groups excluding carboxylic acids is 1. The fourth-order valence-corrected chi connectivity index (χ4v) is 5.04. The Bertz CT molecular complexity index is 1090. The zero-order valence-electron chi connectivity index (χ0n) is 15.7. The number of rotatable bonds is 4. The van der Waals surface area contributed by atoms with Crippen LogP contribution < -0.4 is 0 Å². The van der Waals surface area contributed by atoms with Crippen LogP contribution in [0.15, 0.2) is 78.9 Å². The van der Waals surface area contributed by atoms with Gasteiger partial charge in [0.15, 0.2) is 0 Å². The number of hydrogen-bond acceptors (Lipinski definition) is 4. The molecule has 1 fully saturated rings. The summed E-state index contributed by atoms with van der Waals surface area (Å²) in [6.45, 7) is 0. The molecular weight excluding hydrogens is 366 g/mol. The zero-order valence-corrected chi connectivity index (χ0v) is 15.7. The van der Waals surface area contributed by atoms with E-state index in [2.05, 4.69) is 18.2 Å². The third-order valence-electron chi connectivity index (χ3n) is 6.30. The summed E-state index contributed by atoms with van der Waals surface area (Å²) in [6, 6.07) is 23.9. The van der Waals surface area contributed by atoms with Gasteiger partial charge in [-0.05, 0) is 47.6 Å². The minimum absolute atomic E-state index is 0.0480. The Morgan fingerprint density at radius 2 is 1.59 bits per heavy atom. The normalized spacial score (nSPS) is 24.1. The fraction of sp³-hybridized carbons (Fsp3) is 0.208. The lowest BCUT2D eigenvalue weighted by Crippen LogP contribution is -2.37. The number of esters is 1. The molecule has 2 aliphatic carbocycles. The number of nitrogens with zero attached hydrogens (tertiary/aromatic N) is 1. The van der Waals surface area contributed by atoms with Crippen LogP contribution in [-0.2, 0) is 10.3 Å². The number of non-ortho nitro benzene ring substituents is 1. The molecule has 0 aliphatic heterocycles. The van der Waals surface area contributed by atoms with Gasteiger partial charge in [0.25, 0.3) is 5.69 Å². The predicted octanol–water partition coefficient (Wildman–Crippen LogP) is 5.32. The minimum atomic E-state index is -0.723. The number of benzene rings is 3. The Labute approximate surface area is 168 Å². The molecule has 0 radical (unpaired) electrons. The summed E-state index contributed by atoms with van der Waals surface area (Å²) in [5.41, 5.74) is 3.16. The van der Waals surface area contributed by atoms with Gasteiger partial charge in [0.05, 0.1) is 10.5 Å². The van der Waals surface area contributed by atoms with E-state index in [0.29, 0.717) is 11.5 Å². The molecule has 0 N–H and O–H groups in total. The number of carbonyl (C=O) groups is 1. The van der Waals surface area contributed by atoms with Crippen molar-refractivity contribution in [1.29, 1.82) is 0 Å². The highest BCUT2D eigenvalue weighted by atomic mass is 16.6. The molecule has 144 valence electrons. The molecule has 3 aromatic rings. The average Bonchev–Trinajstić information content (AvgIpc) is 3.32. The Hall–Kier alpha value is -3.47. The van der Waals surface area contributed by atoms with Gasteiger partial charge in [-0.15, -0.1) is 0 Å². The molecule has 0 spiro atoms. The van der Waals surface area contributed by atoms with Crippen LogP contribution >= 0.6 is 0 Å². The first-order valence-corrected chi connectivity index (χ1v) is 9.70. The molecule has 0 saturated heterocycles. The maximum atomic E-state index is 13.1. The molecule has 3 aromatic carbocycles. The van der Waals surface area contributed by atoms with Crippen molar-refractivity contribution in [1.82, 2.24) is 0 Å². The smallest absolute Gasteiger partial charge is 0.339 e. The highest BCUT2D eigenvalue weighted by Gasteiger charge is 2.57. The third kappa shape index (κ3) is 2.73. The van der Waals surface area contributed by atoms with Gasteiger partial charge in [0.2, 0.25) is 0 Å². The van der Waals surface area contributed by atoms with Gasteiger partial charge in [0, 0.05) is 18.1 Å². The molecule has 5 nitrogen and oxygen atoms in total. The van der Waals surface area contributed by atoms with Gasteiger partial charge in [-0.3, -0.25) is 10.1 Å². The quantitative estimate of drug-likeness (QED) is 0.346. The maximum absolute atomic E-state index is 13.1. The van der Waals surface area contributed by atoms with E-state index in [4.69, 9.17) is 4.74 Å². The Morgan fingerprint density at radius 1 is 0.931 bits per heavy atom. The van der Waals surface area contributed by atoms with E-state index >= 15 is 0 Å². The first kappa shape index (κ1) is 17.6. The molecule has 2 aliphatic rings. The summed E-state index contributed by atoms with van der Waals surface area (Å²) in [6.07, 6.45) is 1.71. The van der Waals surface area contributed by atoms with Gasteiger partial charge in [-0.25, -0.2) is 4.79 Å². The Balaban J connectivity index is 1.54. The van der Waals surface area contributed by atoms with Crippen LogP contribution in [-0.4, -0.2) is 10.9 Å². The van der Waals surface area contributed by atoms with Crippen LogP contribution in [0.25, 0.3) is 0 Å². The van der Waals surface area contributed by atoms with Crippen molar-refractivity contribution in [2.24, 2.45) is 0 Å². The van der Waals surface area contributed by atoms with Gasteiger partial charge >= 0.3 is 5.97 Å². The second-order valence-corrected chi connectivity index (χ2v) is 7.77. The Kier molecular flexibility index (Phi) is 3.98. The van der Waals surface area contributed by atoms with Crippen molar-refractivity contribution in [3.63, 3.8) is 0 Å². The van der Waals surface area contributed by atoms with Crippen molar-refractivity contribution in [3.8, 4) is 0 Å². The fourth-order valence-electron chi connectivity index (χ4n) is 5.04. The van der Waals surface area contributed by atoms with E-state index in [1.165, 1.54) is 35.4 Å². The Morgan fingerprint density at radius 3 is 2.28 bits per heavy atom. The summed E-state index contributed by atoms with van der Waals surface area (Å²) in [5.74, 6) is 0.0166. The van der Waals surface area contributed by atoms with Crippen LogP contribution in [0.1, 0.15) is 51.7 Å². The number of nitro groups is 1. The van der Waals surface area contributed by atoms with Crippen molar-refractivity contribution < 1.29 is 14.5 Å². The second-order valence-electron chi connectivity index (χ2n) is 7.77. The highest BCUT2D eigenvalue weighted by Crippen LogP contribution is 2.63. The van der Waals surface area contributed by atoms with Crippen molar-refractivity contribution in [2.45, 2.75) is 30.3 Å². The van der Waals surface area contributed by atoms with Gasteiger partial charge < -0.3 is 4.74 Å². The molecule has 29 heavy (non-hydrogen) atoms. The van der Waals surface area contributed by atoms with E-state index in [-0.39, 0.29) is 11.6 Å². The maximum Gasteiger partial charge on any atom is 0.339 e. The molecule has 1 saturated carbocycles. The molecule has 0 unspecified atom stereocenters. The summed E-state index contributed by atoms with van der Waals surface area (Å²) in [7, 11) is 0. The molecule has 0 amide bonds. The minimum Gasteiger partial charge on any atom is -0.450 e. The lowest BCUT2D eigenvalue weighted by molar-refractivity contribution is -0.384. The summed E-state index contributed by atoms with van der Waals surface area (Å²) in [5, 5.41) is 10.9. The van der Waals surface area contributed by atoms with E-state index in [0.717, 1.165) is 18.4 Å². The topological polar surface area (TPSA) is 69.4 Å². The van der Waals surface area contributed by atoms with Gasteiger partial charge in [-0.2, -0.15) is 0 Å². The van der Waals surface area contributed by atoms with E-state index < -0.39 is 16.5 Å². The summed E-state index contributed by atoms with van der Waals surface area (Å²) >= 11 is 0.